The predicted molar refractivity (Wildman–Crippen MR) is 91.8 cm³/mol. The summed E-state index contributed by atoms with van der Waals surface area (Å²) in [5.41, 5.74) is 1.18. The van der Waals surface area contributed by atoms with Gasteiger partial charge in [-0.1, -0.05) is 42.5 Å². The van der Waals surface area contributed by atoms with Crippen molar-refractivity contribution in [3.8, 4) is 0 Å². The average Bonchev–Trinajstić information content (AvgIpc) is 2.58. The SMILES string of the molecule is CC1(C)N=C(c2cnc3ccccc3c2)c2ccccc2C1(F)F. The molecule has 0 aliphatic carbocycles. The van der Waals surface area contributed by atoms with Crippen LogP contribution in [0.2, 0.25) is 0 Å². The van der Waals surface area contributed by atoms with Crippen LogP contribution in [0, 0.1) is 0 Å². The number of hydrogen-bond donors (Lipinski definition) is 0. The van der Waals surface area contributed by atoms with Gasteiger partial charge in [0, 0.05) is 28.3 Å². The van der Waals surface area contributed by atoms with Crippen molar-refractivity contribution in [3.63, 3.8) is 0 Å². The van der Waals surface area contributed by atoms with Crippen molar-refractivity contribution in [2.24, 2.45) is 4.99 Å². The Morgan fingerprint density at radius 1 is 0.917 bits per heavy atom. The number of aromatic nitrogens is 1. The van der Waals surface area contributed by atoms with Gasteiger partial charge in [-0.25, -0.2) is 0 Å². The van der Waals surface area contributed by atoms with Gasteiger partial charge >= 0.3 is 0 Å². The molecule has 1 aliphatic heterocycles. The van der Waals surface area contributed by atoms with Crippen molar-refractivity contribution < 1.29 is 8.78 Å². The third-order valence-electron chi connectivity index (χ3n) is 4.54. The first kappa shape index (κ1) is 14.9. The van der Waals surface area contributed by atoms with Gasteiger partial charge in [0.2, 0.25) is 0 Å². The van der Waals surface area contributed by atoms with Gasteiger partial charge in [-0.2, -0.15) is 8.78 Å². The minimum atomic E-state index is -3.02. The lowest BCUT2D eigenvalue weighted by molar-refractivity contribution is -0.0681. The van der Waals surface area contributed by atoms with Crippen LogP contribution in [0.1, 0.15) is 30.5 Å². The Bertz CT molecular complexity index is 974. The minimum absolute atomic E-state index is 0.0214. The van der Waals surface area contributed by atoms with Gasteiger partial charge in [-0.15, -0.1) is 0 Å². The van der Waals surface area contributed by atoms with E-state index in [0.717, 1.165) is 16.5 Å². The number of aliphatic imine (C=N–C) groups is 1. The van der Waals surface area contributed by atoms with E-state index in [1.54, 1.807) is 24.4 Å². The molecule has 4 heteroatoms. The van der Waals surface area contributed by atoms with E-state index in [1.807, 2.05) is 30.3 Å². The molecule has 4 rings (SSSR count). The second kappa shape index (κ2) is 4.94. The number of para-hydroxylation sites is 1. The summed E-state index contributed by atoms with van der Waals surface area (Å²) in [6.07, 6.45) is 1.71. The lowest BCUT2D eigenvalue weighted by Crippen LogP contribution is -2.44. The lowest BCUT2D eigenvalue weighted by atomic mass is 9.81. The second-order valence-electron chi connectivity index (χ2n) is 6.56. The van der Waals surface area contributed by atoms with Crippen LogP contribution in [0.3, 0.4) is 0 Å². The maximum Gasteiger partial charge on any atom is 0.297 e. The maximum atomic E-state index is 14.8. The van der Waals surface area contributed by atoms with E-state index in [-0.39, 0.29) is 5.56 Å². The predicted octanol–water partition coefficient (Wildman–Crippen LogP) is 4.96. The van der Waals surface area contributed by atoms with Crippen LogP contribution in [-0.4, -0.2) is 16.2 Å². The van der Waals surface area contributed by atoms with Gasteiger partial charge < -0.3 is 0 Å². The summed E-state index contributed by atoms with van der Waals surface area (Å²) in [4.78, 5) is 8.86. The van der Waals surface area contributed by atoms with E-state index >= 15 is 0 Å². The molecule has 2 heterocycles. The fourth-order valence-electron chi connectivity index (χ4n) is 3.12. The van der Waals surface area contributed by atoms with Crippen molar-refractivity contribution in [1.82, 2.24) is 4.98 Å². The highest BCUT2D eigenvalue weighted by atomic mass is 19.3. The third-order valence-corrected chi connectivity index (χ3v) is 4.54. The Kier molecular flexibility index (Phi) is 3.07. The molecule has 0 atom stereocenters. The monoisotopic (exact) mass is 322 g/mol. The van der Waals surface area contributed by atoms with Crippen LogP contribution in [0.5, 0.6) is 0 Å². The summed E-state index contributed by atoms with van der Waals surface area (Å²) >= 11 is 0. The van der Waals surface area contributed by atoms with E-state index in [2.05, 4.69) is 9.98 Å². The van der Waals surface area contributed by atoms with E-state index in [4.69, 9.17) is 0 Å². The number of pyridine rings is 1. The third kappa shape index (κ3) is 2.06. The van der Waals surface area contributed by atoms with Crippen molar-refractivity contribution in [1.29, 1.82) is 0 Å². The van der Waals surface area contributed by atoms with Gasteiger partial charge in [0.1, 0.15) is 5.54 Å². The first-order valence-electron chi connectivity index (χ1n) is 7.83. The topological polar surface area (TPSA) is 25.2 Å². The molecule has 120 valence electrons. The van der Waals surface area contributed by atoms with Gasteiger partial charge in [0.15, 0.2) is 0 Å². The maximum absolute atomic E-state index is 14.8. The summed E-state index contributed by atoms with van der Waals surface area (Å²) in [7, 11) is 0. The Labute approximate surface area is 138 Å². The van der Waals surface area contributed by atoms with E-state index < -0.39 is 11.5 Å². The van der Waals surface area contributed by atoms with Crippen LogP contribution >= 0.6 is 0 Å². The number of fused-ring (bicyclic) bond motifs is 2. The van der Waals surface area contributed by atoms with Crippen LogP contribution in [0.25, 0.3) is 10.9 Å². The first-order chi connectivity index (χ1) is 11.4. The largest absolute Gasteiger partial charge is 0.297 e. The summed E-state index contributed by atoms with van der Waals surface area (Å²) in [6, 6.07) is 16.3. The summed E-state index contributed by atoms with van der Waals surface area (Å²) < 4.78 is 29.6. The summed E-state index contributed by atoms with van der Waals surface area (Å²) in [6.45, 7) is 2.94. The fourth-order valence-corrected chi connectivity index (χ4v) is 3.12. The van der Waals surface area contributed by atoms with Crippen molar-refractivity contribution in [2.75, 3.05) is 0 Å². The number of rotatable bonds is 1. The number of benzene rings is 2. The molecule has 3 aromatic rings. The molecule has 0 bridgehead atoms. The van der Waals surface area contributed by atoms with E-state index in [1.165, 1.54) is 19.9 Å². The molecule has 2 aromatic carbocycles. The average molecular weight is 322 g/mol. The number of hydrogen-bond acceptors (Lipinski definition) is 2. The molecule has 2 nitrogen and oxygen atoms in total. The van der Waals surface area contributed by atoms with Crippen LogP contribution in [0.4, 0.5) is 8.78 Å². The second-order valence-corrected chi connectivity index (χ2v) is 6.56. The first-order valence-corrected chi connectivity index (χ1v) is 7.83. The molecule has 0 spiro atoms. The zero-order chi connectivity index (χ0) is 16.9. The van der Waals surface area contributed by atoms with Crippen molar-refractivity contribution in [3.05, 3.63) is 77.5 Å². The minimum Gasteiger partial charge on any atom is -0.271 e. The summed E-state index contributed by atoms with van der Waals surface area (Å²) in [5.74, 6) is -3.02. The quantitative estimate of drug-likeness (QED) is 0.622. The zero-order valence-corrected chi connectivity index (χ0v) is 13.4. The molecular weight excluding hydrogens is 306 g/mol. The highest BCUT2D eigenvalue weighted by molar-refractivity contribution is 6.15. The Hall–Kier alpha value is -2.62. The molecule has 24 heavy (non-hydrogen) atoms. The van der Waals surface area contributed by atoms with Gasteiger partial charge in [0.05, 0.1) is 11.2 Å². The number of halogens is 2. The van der Waals surface area contributed by atoms with Crippen LogP contribution in [0.15, 0.2) is 65.8 Å². The highest BCUT2D eigenvalue weighted by Gasteiger charge is 2.52. The Morgan fingerprint density at radius 2 is 1.62 bits per heavy atom. The molecule has 0 radical (unpaired) electrons. The smallest absolute Gasteiger partial charge is 0.271 e. The molecule has 0 saturated heterocycles. The molecular formula is C20H16F2N2. The lowest BCUT2D eigenvalue weighted by Gasteiger charge is -2.37. The zero-order valence-electron chi connectivity index (χ0n) is 13.4. The standard InChI is InChI=1S/C20H16F2N2/c1-19(2)20(21,22)16-9-5-4-8-15(16)18(24-19)14-11-13-7-3-6-10-17(13)23-12-14/h3-12H,1-2H3. The Balaban J connectivity index is 1.98. The molecule has 0 saturated carbocycles. The van der Waals surface area contributed by atoms with Crippen molar-refractivity contribution >= 4 is 16.6 Å². The van der Waals surface area contributed by atoms with Gasteiger partial charge in [0.25, 0.3) is 5.92 Å². The normalized spacial score (nSPS) is 18.1. The van der Waals surface area contributed by atoms with E-state index in [9.17, 15) is 8.78 Å². The van der Waals surface area contributed by atoms with E-state index in [0.29, 0.717) is 11.3 Å². The number of nitrogens with zero attached hydrogens (tertiary/aromatic N) is 2. The van der Waals surface area contributed by atoms with Crippen LogP contribution in [-0.2, 0) is 5.92 Å². The molecule has 1 aliphatic rings. The number of alkyl halides is 2. The van der Waals surface area contributed by atoms with Crippen LogP contribution < -0.4 is 0 Å². The molecule has 0 fully saturated rings. The Morgan fingerprint density at radius 3 is 2.46 bits per heavy atom. The molecule has 0 amide bonds. The highest BCUT2D eigenvalue weighted by Crippen LogP contribution is 2.46. The van der Waals surface area contributed by atoms with Gasteiger partial charge in [-0.3, -0.25) is 9.98 Å². The molecule has 0 N–H and O–H groups in total. The summed E-state index contributed by atoms with van der Waals surface area (Å²) in [5, 5.41) is 0.963. The van der Waals surface area contributed by atoms with Crippen molar-refractivity contribution in [2.45, 2.75) is 25.3 Å². The van der Waals surface area contributed by atoms with Gasteiger partial charge in [-0.05, 0) is 26.0 Å². The fraction of sp³-hybridized carbons (Fsp3) is 0.200. The molecule has 0 unspecified atom stereocenters. The molecule has 1 aromatic heterocycles.